The van der Waals surface area contributed by atoms with Gasteiger partial charge in [-0.2, -0.15) is 0 Å². The van der Waals surface area contributed by atoms with Crippen LogP contribution in [-0.4, -0.2) is 97.9 Å². The lowest BCUT2D eigenvalue weighted by Crippen LogP contribution is -2.52. The lowest BCUT2D eigenvalue weighted by Gasteiger charge is -2.36. The highest BCUT2D eigenvalue weighted by Crippen LogP contribution is 2.27. The monoisotopic (exact) mass is 522 g/mol. The highest BCUT2D eigenvalue weighted by Gasteiger charge is 2.32. The van der Waals surface area contributed by atoms with Crippen LogP contribution in [0.1, 0.15) is 39.2 Å². The average Bonchev–Trinajstić information content (AvgIpc) is 3.58. The standard InChI is InChI=1S/C27H42N10O/c1-10-12-21-24(33(4)5)29-18(2)30-25(21)36(8)23-15-20(17-38-23)16-34(6)26-31-19(3)32-27(37(26)9)35(7)22-13-11-14-28-22/h11,13-15,17-19,21,28H,10,12,16H2,1-9H3. The first kappa shape index (κ1) is 27.3. The van der Waals surface area contributed by atoms with E-state index in [1.54, 1.807) is 0 Å². The van der Waals surface area contributed by atoms with Crippen LogP contribution in [0.15, 0.2) is 55.0 Å². The van der Waals surface area contributed by atoms with Crippen LogP contribution in [0, 0.1) is 5.92 Å². The van der Waals surface area contributed by atoms with Crippen molar-refractivity contribution >= 4 is 35.3 Å². The lowest BCUT2D eigenvalue weighted by molar-refractivity contribution is 0.427. The molecule has 0 aromatic carbocycles. The van der Waals surface area contributed by atoms with E-state index in [0.717, 1.165) is 53.7 Å². The molecule has 2 aliphatic heterocycles. The number of aromatic amines is 1. The van der Waals surface area contributed by atoms with Gasteiger partial charge in [-0.3, -0.25) is 4.90 Å². The van der Waals surface area contributed by atoms with E-state index in [1.807, 2.05) is 76.4 Å². The number of nitrogens with zero attached hydrogens (tertiary/aromatic N) is 9. The maximum atomic E-state index is 6.06. The molecule has 4 heterocycles. The molecule has 38 heavy (non-hydrogen) atoms. The maximum absolute atomic E-state index is 6.06. The number of hydrogen-bond acceptors (Lipinski definition) is 10. The van der Waals surface area contributed by atoms with Gasteiger partial charge in [-0.1, -0.05) is 13.3 Å². The van der Waals surface area contributed by atoms with E-state index in [2.05, 4.69) is 46.8 Å². The molecule has 2 aliphatic rings. The summed E-state index contributed by atoms with van der Waals surface area (Å²) in [4.78, 5) is 32.9. The van der Waals surface area contributed by atoms with Crippen LogP contribution < -0.4 is 9.80 Å². The molecule has 0 aliphatic carbocycles. The highest BCUT2D eigenvalue weighted by molar-refractivity contribution is 6.12. The molecule has 1 N–H and O–H groups in total. The summed E-state index contributed by atoms with van der Waals surface area (Å²) in [5.41, 5.74) is 1.05. The van der Waals surface area contributed by atoms with Gasteiger partial charge in [-0.15, -0.1) is 0 Å². The smallest absolute Gasteiger partial charge is 0.210 e. The van der Waals surface area contributed by atoms with Gasteiger partial charge in [-0.25, -0.2) is 20.0 Å². The lowest BCUT2D eigenvalue weighted by atomic mass is 9.97. The summed E-state index contributed by atoms with van der Waals surface area (Å²) in [5, 5.41) is 0. The first-order valence-electron chi connectivity index (χ1n) is 13.2. The molecule has 0 bridgehead atoms. The van der Waals surface area contributed by atoms with Crippen LogP contribution in [0.3, 0.4) is 0 Å². The number of nitrogens with one attached hydrogen (secondary N) is 1. The fourth-order valence-corrected chi connectivity index (χ4v) is 5.01. The summed E-state index contributed by atoms with van der Waals surface area (Å²) in [5.74, 6) is 5.60. The molecule has 206 valence electrons. The van der Waals surface area contributed by atoms with Crippen molar-refractivity contribution in [1.29, 1.82) is 0 Å². The molecular weight excluding hydrogens is 480 g/mol. The first-order chi connectivity index (χ1) is 18.1. The molecule has 3 atom stereocenters. The number of aliphatic imine (C=N–C) groups is 4. The Morgan fingerprint density at radius 1 is 0.947 bits per heavy atom. The van der Waals surface area contributed by atoms with Crippen molar-refractivity contribution in [3.05, 3.63) is 36.2 Å². The van der Waals surface area contributed by atoms with Crippen molar-refractivity contribution in [3.63, 3.8) is 0 Å². The van der Waals surface area contributed by atoms with Crippen LogP contribution in [0.25, 0.3) is 0 Å². The van der Waals surface area contributed by atoms with Crippen molar-refractivity contribution in [2.45, 2.75) is 52.5 Å². The molecule has 0 spiro atoms. The second-order valence-electron chi connectivity index (χ2n) is 10.2. The van der Waals surface area contributed by atoms with Crippen LogP contribution in [0.4, 0.5) is 11.7 Å². The van der Waals surface area contributed by atoms with Crippen molar-refractivity contribution in [2.24, 2.45) is 25.9 Å². The van der Waals surface area contributed by atoms with Gasteiger partial charge in [0.2, 0.25) is 17.8 Å². The van der Waals surface area contributed by atoms with Crippen molar-refractivity contribution in [2.75, 3.05) is 52.1 Å². The Morgan fingerprint density at radius 2 is 1.63 bits per heavy atom. The Balaban J connectivity index is 1.49. The normalized spacial score (nSPS) is 21.4. The Morgan fingerprint density at radius 3 is 2.29 bits per heavy atom. The molecule has 0 fully saturated rings. The predicted octanol–water partition coefficient (Wildman–Crippen LogP) is 3.75. The van der Waals surface area contributed by atoms with Crippen molar-refractivity contribution in [3.8, 4) is 0 Å². The zero-order valence-electron chi connectivity index (χ0n) is 24.2. The topological polar surface area (TPSA) is 94.6 Å². The summed E-state index contributed by atoms with van der Waals surface area (Å²) in [6, 6.07) is 6.08. The van der Waals surface area contributed by atoms with E-state index in [9.17, 15) is 0 Å². The largest absolute Gasteiger partial charge is 0.448 e. The van der Waals surface area contributed by atoms with Gasteiger partial charge in [0.25, 0.3) is 0 Å². The molecule has 0 saturated carbocycles. The summed E-state index contributed by atoms with van der Waals surface area (Å²) in [6.45, 7) is 6.85. The quantitative estimate of drug-likeness (QED) is 0.621. The van der Waals surface area contributed by atoms with Gasteiger partial charge in [-0.05, 0) is 32.4 Å². The highest BCUT2D eigenvalue weighted by atomic mass is 16.3. The van der Waals surface area contributed by atoms with E-state index >= 15 is 0 Å². The number of H-pyrrole nitrogens is 1. The minimum absolute atomic E-state index is 0.125. The van der Waals surface area contributed by atoms with E-state index in [0.29, 0.717) is 6.54 Å². The SMILES string of the molecule is CCCC1C(N(C)C)=NC(C)N=C1N(C)c1cc(CN(C)C2=NC(C)N=C(N(C)c3ccc[nH]3)N2C)co1. The molecule has 0 amide bonds. The number of guanidine groups is 2. The van der Waals surface area contributed by atoms with Crippen LogP contribution >= 0.6 is 0 Å². The molecule has 11 heteroatoms. The zero-order valence-corrected chi connectivity index (χ0v) is 24.2. The van der Waals surface area contributed by atoms with Crippen LogP contribution in [-0.2, 0) is 6.54 Å². The third-order valence-corrected chi connectivity index (χ3v) is 6.82. The summed E-state index contributed by atoms with van der Waals surface area (Å²) in [7, 11) is 12.2. The number of amidine groups is 2. The minimum Gasteiger partial charge on any atom is -0.448 e. The molecule has 3 unspecified atom stereocenters. The van der Waals surface area contributed by atoms with Crippen molar-refractivity contribution < 1.29 is 4.42 Å². The van der Waals surface area contributed by atoms with E-state index in [1.165, 1.54) is 0 Å². The Labute approximate surface area is 226 Å². The number of furan rings is 1. The molecule has 2 aromatic heterocycles. The first-order valence-corrected chi connectivity index (χ1v) is 13.2. The maximum Gasteiger partial charge on any atom is 0.210 e. The van der Waals surface area contributed by atoms with Gasteiger partial charge in [0.15, 0.2) is 0 Å². The fraction of sp³-hybridized carbons (Fsp3) is 0.556. The Hall–Kier alpha value is -3.76. The summed E-state index contributed by atoms with van der Waals surface area (Å²) >= 11 is 0. The average molecular weight is 523 g/mol. The third kappa shape index (κ3) is 5.56. The van der Waals surface area contributed by atoms with E-state index in [4.69, 9.17) is 24.4 Å². The molecule has 2 aromatic rings. The molecule has 11 nitrogen and oxygen atoms in total. The Kier molecular flexibility index (Phi) is 8.13. The molecular formula is C27H42N10O. The van der Waals surface area contributed by atoms with Gasteiger partial charge in [0.05, 0.1) is 12.2 Å². The van der Waals surface area contributed by atoms with Gasteiger partial charge in [0.1, 0.15) is 29.8 Å². The third-order valence-electron chi connectivity index (χ3n) is 6.82. The summed E-state index contributed by atoms with van der Waals surface area (Å²) < 4.78 is 6.06. The van der Waals surface area contributed by atoms with Crippen LogP contribution in [0.2, 0.25) is 0 Å². The number of aromatic nitrogens is 1. The van der Waals surface area contributed by atoms with Gasteiger partial charge < -0.3 is 29.0 Å². The Bertz CT molecular complexity index is 1210. The molecule has 0 radical (unpaired) electrons. The fourth-order valence-electron chi connectivity index (χ4n) is 5.01. The number of rotatable bonds is 6. The second-order valence-corrected chi connectivity index (χ2v) is 10.2. The van der Waals surface area contributed by atoms with Crippen molar-refractivity contribution in [1.82, 2.24) is 19.7 Å². The van der Waals surface area contributed by atoms with Gasteiger partial charge in [0, 0.05) is 66.7 Å². The predicted molar refractivity (Wildman–Crippen MR) is 156 cm³/mol. The molecule has 4 rings (SSSR count). The number of hydrogen-bond donors (Lipinski definition) is 1. The summed E-state index contributed by atoms with van der Waals surface area (Å²) in [6.07, 6.45) is 5.44. The van der Waals surface area contributed by atoms with E-state index < -0.39 is 0 Å². The minimum atomic E-state index is -0.184. The van der Waals surface area contributed by atoms with E-state index in [-0.39, 0.29) is 18.2 Å². The van der Waals surface area contributed by atoms with Gasteiger partial charge >= 0.3 is 0 Å². The second kappa shape index (κ2) is 11.3. The number of anilines is 2. The van der Waals surface area contributed by atoms with Crippen LogP contribution in [0.5, 0.6) is 0 Å². The zero-order chi connectivity index (χ0) is 27.6. The molecule has 0 saturated heterocycles.